The second-order valence-corrected chi connectivity index (χ2v) is 5.38. The van der Waals surface area contributed by atoms with E-state index in [0.29, 0.717) is 19.6 Å². The molecule has 1 unspecified atom stereocenters. The van der Waals surface area contributed by atoms with E-state index in [1.807, 2.05) is 7.05 Å². The second kappa shape index (κ2) is 8.51. The SMILES string of the molecule is CNC1(CC(=O)NCC(COC)OC)CCCCC1. The van der Waals surface area contributed by atoms with E-state index in [-0.39, 0.29) is 17.6 Å². The molecule has 0 aromatic heterocycles. The van der Waals surface area contributed by atoms with Gasteiger partial charge in [0.1, 0.15) is 0 Å². The molecule has 5 nitrogen and oxygen atoms in total. The molecule has 1 amide bonds. The fourth-order valence-electron chi connectivity index (χ4n) is 2.74. The molecular formula is C14H28N2O3. The Hall–Kier alpha value is -0.650. The molecule has 1 fully saturated rings. The number of nitrogens with one attached hydrogen (secondary N) is 2. The smallest absolute Gasteiger partial charge is 0.221 e. The van der Waals surface area contributed by atoms with Crippen LogP contribution in [0.4, 0.5) is 0 Å². The first-order chi connectivity index (χ1) is 9.15. The number of carbonyl (C=O) groups is 1. The lowest BCUT2D eigenvalue weighted by atomic mass is 9.79. The van der Waals surface area contributed by atoms with Crippen LogP contribution in [0.1, 0.15) is 38.5 Å². The number of hydrogen-bond donors (Lipinski definition) is 2. The lowest BCUT2D eigenvalue weighted by Gasteiger charge is -2.36. The fourth-order valence-corrected chi connectivity index (χ4v) is 2.74. The topological polar surface area (TPSA) is 59.6 Å². The highest BCUT2D eigenvalue weighted by Gasteiger charge is 2.32. The molecule has 2 N–H and O–H groups in total. The first-order valence-electron chi connectivity index (χ1n) is 7.13. The molecule has 5 heteroatoms. The van der Waals surface area contributed by atoms with Gasteiger partial charge in [-0.1, -0.05) is 19.3 Å². The summed E-state index contributed by atoms with van der Waals surface area (Å²) >= 11 is 0. The van der Waals surface area contributed by atoms with Crippen LogP contribution in [-0.2, 0) is 14.3 Å². The molecule has 112 valence electrons. The van der Waals surface area contributed by atoms with Gasteiger partial charge in [-0.15, -0.1) is 0 Å². The monoisotopic (exact) mass is 272 g/mol. The molecule has 19 heavy (non-hydrogen) atoms. The Morgan fingerprint density at radius 1 is 1.26 bits per heavy atom. The summed E-state index contributed by atoms with van der Waals surface area (Å²) in [6.07, 6.45) is 6.34. The van der Waals surface area contributed by atoms with Crippen molar-refractivity contribution in [3.05, 3.63) is 0 Å². The van der Waals surface area contributed by atoms with E-state index < -0.39 is 0 Å². The summed E-state index contributed by atoms with van der Waals surface area (Å²) in [7, 11) is 5.22. The van der Waals surface area contributed by atoms with Crippen molar-refractivity contribution >= 4 is 5.91 Å². The molecule has 1 aliphatic carbocycles. The van der Waals surface area contributed by atoms with Crippen molar-refractivity contribution in [1.29, 1.82) is 0 Å². The van der Waals surface area contributed by atoms with Gasteiger partial charge in [-0.25, -0.2) is 0 Å². The molecule has 0 aromatic carbocycles. The molecule has 1 aliphatic rings. The van der Waals surface area contributed by atoms with Crippen LogP contribution in [0.5, 0.6) is 0 Å². The standard InChI is InChI=1S/C14H28N2O3/c1-15-14(7-5-4-6-8-14)9-13(17)16-10-12(19-3)11-18-2/h12,15H,4-11H2,1-3H3,(H,16,17). The Morgan fingerprint density at radius 2 is 1.95 bits per heavy atom. The van der Waals surface area contributed by atoms with Gasteiger partial charge >= 0.3 is 0 Å². The zero-order valence-electron chi connectivity index (χ0n) is 12.5. The van der Waals surface area contributed by atoms with Gasteiger partial charge in [-0.05, 0) is 19.9 Å². The molecule has 1 rings (SSSR count). The van der Waals surface area contributed by atoms with Crippen LogP contribution in [0.3, 0.4) is 0 Å². The molecule has 0 aromatic rings. The van der Waals surface area contributed by atoms with E-state index in [2.05, 4.69) is 10.6 Å². The molecule has 1 atom stereocenters. The van der Waals surface area contributed by atoms with E-state index in [1.165, 1.54) is 19.3 Å². The van der Waals surface area contributed by atoms with Gasteiger partial charge in [0, 0.05) is 32.7 Å². The summed E-state index contributed by atoms with van der Waals surface area (Å²) in [6, 6.07) is 0. The van der Waals surface area contributed by atoms with E-state index in [1.54, 1.807) is 14.2 Å². The van der Waals surface area contributed by atoms with Crippen molar-refractivity contribution in [2.24, 2.45) is 0 Å². The maximum atomic E-state index is 12.1. The molecule has 0 radical (unpaired) electrons. The first-order valence-corrected chi connectivity index (χ1v) is 7.13. The van der Waals surface area contributed by atoms with E-state index >= 15 is 0 Å². The predicted molar refractivity (Wildman–Crippen MR) is 75.2 cm³/mol. The van der Waals surface area contributed by atoms with Crippen molar-refractivity contribution in [1.82, 2.24) is 10.6 Å². The van der Waals surface area contributed by atoms with E-state index in [0.717, 1.165) is 12.8 Å². The van der Waals surface area contributed by atoms with Gasteiger partial charge < -0.3 is 20.1 Å². The number of amides is 1. The van der Waals surface area contributed by atoms with Crippen molar-refractivity contribution in [3.8, 4) is 0 Å². The molecule has 1 saturated carbocycles. The zero-order chi connectivity index (χ0) is 14.1. The van der Waals surface area contributed by atoms with Crippen molar-refractivity contribution in [3.63, 3.8) is 0 Å². The van der Waals surface area contributed by atoms with Crippen LogP contribution in [0.15, 0.2) is 0 Å². The Labute approximate surface area is 116 Å². The summed E-state index contributed by atoms with van der Waals surface area (Å²) in [4.78, 5) is 12.1. The van der Waals surface area contributed by atoms with Gasteiger partial charge in [0.05, 0.1) is 12.7 Å². The van der Waals surface area contributed by atoms with Crippen LogP contribution >= 0.6 is 0 Å². The predicted octanol–water partition coefficient (Wildman–Crippen LogP) is 1.08. The summed E-state index contributed by atoms with van der Waals surface area (Å²) in [6.45, 7) is 0.997. The third-order valence-corrected chi connectivity index (χ3v) is 4.05. The maximum Gasteiger partial charge on any atom is 0.221 e. The number of methoxy groups -OCH3 is 2. The van der Waals surface area contributed by atoms with Gasteiger partial charge in [0.2, 0.25) is 5.91 Å². The highest BCUT2D eigenvalue weighted by molar-refractivity contribution is 5.77. The fraction of sp³-hybridized carbons (Fsp3) is 0.929. The Bertz CT molecular complexity index is 265. The summed E-state index contributed by atoms with van der Waals surface area (Å²) < 4.78 is 10.3. The Balaban J connectivity index is 2.36. The van der Waals surface area contributed by atoms with Crippen LogP contribution in [0.25, 0.3) is 0 Å². The average Bonchev–Trinajstić information content (AvgIpc) is 2.44. The van der Waals surface area contributed by atoms with Crippen molar-refractivity contribution in [2.45, 2.75) is 50.2 Å². The summed E-state index contributed by atoms with van der Waals surface area (Å²) in [5, 5.41) is 6.30. The van der Waals surface area contributed by atoms with Gasteiger partial charge in [0.25, 0.3) is 0 Å². The van der Waals surface area contributed by atoms with Crippen LogP contribution in [0, 0.1) is 0 Å². The van der Waals surface area contributed by atoms with Crippen molar-refractivity contribution < 1.29 is 14.3 Å². The van der Waals surface area contributed by atoms with E-state index in [4.69, 9.17) is 9.47 Å². The van der Waals surface area contributed by atoms with Crippen LogP contribution in [0.2, 0.25) is 0 Å². The second-order valence-electron chi connectivity index (χ2n) is 5.38. The number of hydrogen-bond acceptors (Lipinski definition) is 4. The third kappa shape index (κ3) is 5.47. The highest BCUT2D eigenvalue weighted by atomic mass is 16.5. The summed E-state index contributed by atoms with van der Waals surface area (Å²) in [5.74, 6) is 0.0920. The van der Waals surface area contributed by atoms with Crippen molar-refractivity contribution in [2.75, 3.05) is 34.4 Å². The summed E-state index contributed by atoms with van der Waals surface area (Å²) in [5.41, 5.74) is -0.00778. The molecule has 0 aliphatic heterocycles. The first kappa shape index (κ1) is 16.4. The molecule has 0 bridgehead atoms. The van der Waals surface area contributed by atoms with E-state index in [9.17, 15) is 4.79 Å². The molecule has 0 spiro atoms. The number of rotatable bonds is 8. The minimum atomic E-state index is -0.0779. The lowest BCUT2D eigenvalue weighted by molar-refractivity contribution is -0.123. The Kier molecular flexibility index (Phi) is 7.34. The number of carbonyl (C=O) groups excluding carboxylic acids is 1. The number of ether oxygens (including phenoxy) is 2. The zero-order valence-corrected chi connectivity index (χ0v) is 12.5. The molecule has 0 saturated heterocycles. The van der Waals surface area contributed by atoms with Gasteiger partial charge in [-0.2, -0.15) is 0 Å². The molecule has 0 heterocycles. The maximum absolute atomic E-state index is 12.1. The highest BCUT2D eigenvalue weighted by Crippen LogP contribution is 2.30. The van der Waals surface area contributed by atoms with Crippen LogP contribution in [-0.4, -0.2) is 52.0 Å². The Morgan fingerprint density at radius 3 is 2.47 bits per heavy atom. The van der Waals surface area contributed by atoms with Crippen LogP contribution < -0.4 is 10.6 Å². The van der Waals surface area contributed by atoms with Gasteiger partial charge in [0.15, 0.2) is 0 Å². The minimum Gasteiger partial charge on any atom is -0.382 e. The minimum absolute atomic E-state index is 0.00778. The third-order valence-electron chi connectivity index (χ3n) is 4.05. The quantitative estimate of drug-likeness (QED) is 0.694. The normalized spacial score (nSPS) is 19.9. The lowest BCUT2D eigenvalue weighted by Crippen LogP contribution is -2.49. The molecular weight excluding hydrogens is 244 g/mol. The largest absolute Gasteiger partial charge is 0.382 e. The van der Waals surface area contributed by atoms with Gasteiger partial charge in [-0.3, -0.25) is 4.79 Å². The average molecular weight is 272 g/mol.